The minimum atomic E-state index is 0. The molecule has 0 radical (unpaired) electrons. The number of hydrogen-bond donors (Lipinski definition) is 1. The van der Waals surface area contributed by atoms with Gasteiger partial charge in [0.15, 0.2) is 0 Å². The van der Waals surface area contributed by atoms with Gasteiger partial charge in [0.2, 0.25) is 0 Å². The van der Waals surface area contributed by atoms with Crippen molar-refractivity contribution < 1.29 is 16.5 Å². The van der Waals surface area contributed by atoms with Crippen molar-refractivity contribution in [2.75, 3.05) is 0 Å². The smallest absolute Gasteiger partial charge is 0 e. The first kappa shape index (κ1) is 40.4. The average molecular weight is 350 g/mol. The minimum absolute atomic E-state index is 0. The van der Waals surface area contributed by atoms with Crippen molar-refractivity contribution in [3.05, 3.63) is 0 Å². The Kier molecular flexibility index (Phi) is 365. The van der Waals surface area contributed by atoms with Crippen LogP contribution < -0.4 is 6.15 Å². The molecule has 6 heavy (non-hydrogen) atoms. The van der Waals surface area contributed by atoms with E-state index in [0.29, 0.717) is 0 Å². The fourth-order valence-corrected chi connectivity index (χ4v) is 0. The van der Waals surface area contributed by atoms with Crippen LogP contribution in [0.5, 0.6) is 0 Å². The zero-order valence-corrected chi connectivity index (χ0v) is 10.2. The van der Waals surface area contributed by atoms with Gasteiger partial charge in [-0.2, -0.15) is 9.90 Å². The van der Waals surface area contributed by atoms with Crippen molar-refractivity contribution >= 4 is 55.1 Å². The van der Waals surface area contributed by atoms with Gasteiger partial charge in [0.1, 0.15) is 0 Å². The fraction of sp³-hybridized carbons (Fsp3) is 0. The molecule has 0 aromatic rings. The molecule has 0 fully saturated rings. The summed E-state index contributed by atoms with van der Waals surface area (Å²) in [6.45, 7) is 0. The Morgan fingerprint density at radius 1 is 1.00 bits per heavy atom. The first-order valence-corrected chi connectivity index (χ1v) is 3.86. The van der Waals surface area contributed by atoms with Gasteiger partial charge in [-0.25, -0.2) is 0 Å². The van der Waals surface area contributed by atoms with Gasteiger partial charge < -0.3 is 6.15 Å². The van der Waals surface area contributed by atoms with Crippen LogP contribution in [0, 0.1) is 0 Å². The molecular weight excluding hydrogens is 343 g/mol. The van der Waals surface area contributed by atoms with Gasteiger partial charge in [0, 0.05) is 44.7 Å². The van der Waals surface area contributed by atoms with Gasteiger partial charge >= 0.3 is 0 Å². The third-order valence-corrected chi connectivity index (χ3v) is 0. The van der Waals surface area contributed by atoms with Crippen molar-refractivity contribution in [2.24, 2.45) is 0 Å². The normalized spacial score (nSPS) is 1.00. The van der Waals surface area contributed by atoms with Crippen LogP contribution in [-0.2, 0) is 16.5 Å². The summed E-state index contributed by atoms with van der Waals surface area (Å²) in [5, 5.41) is 0. The zero-order valence-electron chi connectivity index (χ0n) is 2.89. The van der Waals surface area contributed by atoms with Crippen LogP contribution in [0.2, 0.25) is 0 Å². The maximum absolute atomic E-state index is 2.75. The summed E-state index contributed by atoms with van der Waals surface area (Å²) >= 11 is 5.50. The molecule has 0 saturated carbocycles. The van der Waals surface area contributed by atoms with E-state index in [1.54, 1.807) is 0 Å². The van der Waals surface area contributed by atoms with Crippen molar-refractivity contribution in [3.8, 4) is 0 Å². The van der Waals surface area contributed by atoms with E-state index >= 15 is 0 Å². The molecule has 0 spiro atoms. The molecule has 0 saturated heterocycles. The average Bonchev–Trinajstić information content (AvgIpc) is 1.00. The molecule has 0 aromatic carbocycles. The third-order valence-electron chi connectivity index (χ3n) is 0. The van der Waals surface area contributed by atoms with Gasteiger partial charge in [0.25, 0.3) is 0 Å². The second-order valence-corrected chi connectivity index (χ2v) is 0. The summed E-state index contributed by atoms with van der Waals surface area (Å²) in [5.74, 6) is 0. The molecule has 0 heterocycles. The number of hydrogen-bond acceptors (Lipinski definition) is 1. The molecule has 48 valence electrons. The van der Waals surface area contributed by atoms with Crippen LogP contribution in [0.3, 0.4) is 0 Å². The molecular formula is H7Br3NNiP. The molecule has 0 bridgehead atoms. The van der Waals surface area contributed by atoms with Gasteiger partial charge in [-0.3, -0.25) is 0 Å². The van der Waals surface area contributed by atoms with Crippen LogP contribution >= 0.6 is 55.1 Å². The molecule has 0 aliphatic rings. The summed E-state index contributed by atoms with van der Waals surface area (Å²) < 4.78 is 0. The quantitative estimate of drug-likeness (QED) is 0.529. The first-order chi connectivity index (χ1) is 1.00. The minimum Gasteiger partial charge on any atom is -0.344 e. The van der Waals surface area contributed by atoms with Crippen molar-refractivity contribution in [3.63, 3.8) is 0 Å². The maximum atomic E-state index is 2.75. The summed E-state index contributed by atoms with van der Waals surface area (Å²) in [7, 11) is 0. The fourth-order valence-electron chi connectivity index (χ4n) is 0. The van der Waals surface area contributed by atoms with Gasteiger partial charge in [-0.05, 0) is 0 Å². The van der Waals surface area contributed by atoms with Crippen molar-refractivity contribution in [2.45, 2.75) is 0 Å². The second kappa shape index (κ2) is 54.2. The number of halogens is 3. The summed E-state index contributed by atoms with van der Waals surface area (Å²) in [5.41, 5.74) is 0. The van der Waals surface area contributed by atoms with Crippen LogP contribution in [0.15, 0.2) is 0 Å². The Balaban J connectivity index is -0.000000000833. The van der Waals surface area contributed by atoms with E-state index in [4.69, 9.17) is 0 Å². The van der Waals surface area contributed by atoms with Crippen LogP contribution in [-0.4, -0.2) is 0 Å². The standard InChI is InChI=1S/Br2.BrH.H3N.Ni.H3P/c1-2;;;;/h;1H;1H3;;1H3. The molecule has 0 amide bonds. The maximum Gasteiger partial charge on any atom is 0 e. The predicted molar refractivity (Wildman–Crippen MR) is 44.3 cm³/mol. The second-order valence-electron chi connectivity index (χ2n) is 0. The van der Waals surface area contributed by atoms with E-state index in [1.165, 1.54) is 0 Å². The Morgan fingerprint density at radius 2 is 1.00 bits per heavy atom. The molecule has 0 aliphatic heterocycles. The molecule has 6 heteroatoms. The van der Waals surface area contributed by atoms with E-state index in [0.717, 1.165) is 0 Å². The Bertz CT molecular complexity index is 10.8. The monoisotopic (exact) mass is 347 g/mol. The largest absolute Gasteiger partial charge is 0.344 e. The van der Waals surface area contributed by atoms with E-state index in [1.807, 2.05) is 0 Å². The van der Waals surface area contributed by atoms with Gasteiger partial charge in [0.05, 0.1) is 0 Å². The van der Waals surface area contributed by atoms with Crippen LogP contribution in [0.1, 0.15) is 0 Å². The summed E-state index contributed by atoms with van der Waals surface area (Å²) in [6, 6.07) is 0. The Morgan fingerprint density at radius 3 is 1.00 bits per heavy atom. The van der Waals surface area contributed by atoms with Crippen molar-refractivity contribution in [1.82, 2.24) is 6.15 Å². The molecule has 1 unspecified atom stereocenters. The number of rotatable bonds is 0. The van der Waals surface area contributed by atoms with Gasteiger partial charge in [-0.15, -0.1) is 17.0 Å². The molecule has 0 rings (SSSR count). The van der Waals surface area contributed by atoms with E-state index in [9.17, 15) is 0 Å². The molecule has 0 aliphatic carbocycles. The van der Waals surface area contributed by atoms with E-state index < -0.39 is 0 Å². The van der Waals surface area contributed by atoms with E-state index in [2.05, 4.69) is 28.3 Å². The summed E-state index contributed by atoms with van der Waals surface area (Å²) in [6.07, 6.45) is 0. The predicted octanol–water partition coefficient (Wildman–Crippen LogP) is 2.49. The third kappa shape index (κ3) is 33.2. The van der Waals surface area contributed by atoms with Crippen LogP contribution in [0.25, 0.3) is 0 Å². The van der Waals surface area contributed by atoms with Crippen LogP contribution in [0.4, 0.5) is 0 Å². The Hall–Kier alpha value is 2.32. The van der Waals surface area contributed by atoms with Crippen molar-refractivity contribution in [1.29, 1.82) is 0 Å². The summed E-state index contributed by atoms with van der Waals surface area (Å²) in [4.78, 5) is 0. The molecule has 1 atom stereocenters. The molecule has 3 N–H and O–H groups in total. The molecule has 0 aromatic heterocycles. The van der Waals surface area contributed by atoms with E-state index in [-0.39, 0.29) is 49.5 Å². The molecule has 1 nitrogen and oxygen atoms in total. The first-order valence-electron chi connectivity index (χ1n) is 0.143. The SMILES string of the molecule is Br.BrBr.N.P.[Ni]. The topological polar surface area (TPSA) is 35.0 Å². The Labute approximate surface area is 77.1 Å². The van der Waals surface area contributed by atoms with Gasteiger partial charge in [-0.1, -0.05) is 0 Å². The zero-order chi connectivity index (χ0) is 2.00.